The van der Waals surface area contributed by atoms with E-state index in [0.717, 1.165) is 23.3 Å². The van der Waals surface area contributed by atoms with Crippen molar-refractivity contribution in [1.82, 2.24) is 9.55 Å². The summed E-state index contributed by atoms with van der Waals surface area (Å²) in [7, 11) is 3.85. The molecule has 2 aromatic rings. The number of aryl methyl sites for hydroxylation is 1. The van der Waals surface area contributed by atoms with E-state index in [2.05, 4.69) is 33.2 Å². The van der Waals surface area contributed by atoms with Gasteiger partial charge in [0.15, 0.2) is 0 Å². The maximum Gasteiger partial charge on any atom is 0.272 e. The zero-order chi connectivity index (χ0) is 15.4. The number of aromatic nitrogens is 2. The molecule has 21 heavy (non-hydrogen) atoms. The van der Waals surface area contributed by atoms with Crippen LogP contribution in [0.2, 0.25) is 0 Å². The molecule has 5 nitrogen and oxygen atoms in total. The molecular weight excluding hydrogens is 332 g/mol. The highest BCUT2D eigenvalue weighted by Crippen LogP contribution is 2.18. The molecule has 0 saturated heterocycles. The molecule has 0 aliphatic heterocycles. The fraction of sp³-hybridized carbons (Fsp3) is 0.333. The second kappa shape index (κ2) is 6.76. The van der Waals surface area contributed by atoms with Crippen molar-refractivity contribution >= 4 is 33.3 Å². The van der Waals surface area contributed by atoms with E-state index < -0.39 is 0 Å². The molecule has 0 unspecified atom stereocenters. The largest absolute Gasteiger partial charge is 0.363 e. The van der Waals surface area contributed by atoms with Gasteiger partial charge in [0.2, 0.25) is 0 Å². The van der Waals surface area contributed by atoms with Gasteiger partial charge in [-0.2, -0.15) is 0 Å². The van der Waals surface area contributed by atoms with E-state index >= 15 is 0 Å². The third-order valence-electron chi connectivity index (χ3n) is 3.02. The van der Waals surface area contributed by atoms with Gasteiger partial charge in [0.1, 0.15) is 11.5 Å². The third-order valence-corrected chi connectivity index (χ3v) is 3.46. The Kier molecular flexibility index (Phi) is 5.01. The monoisotopic (exact) mass is 350 g/mol. The number of hydrogen-bond acceptors (Lipinski definition) is 3. The highest BCUT2D eigenvalue weighted by atomic mass is 79.9. The summed E-state index contributed by atoms with van der Waals surface area (Å²) in [6, 6.07) is 5.55. The topological polar surface area (TPSA) is 50.2 Å². The SMILES string of the molecule is CCCn1cc(Br)cc1C(=O)Nc1ccc(N(C)C)nc1. The second-order valence-corrected chi connectivity index (χ2v) is 5.91. The van der Waals surface area contributed by atoms with E-state index in [1.165, 1.54) is 0 Å². The lowest BCUT2D eigenvalue weighted by molar-refractivity contribution is 0.101. The van der Waals surface area contributed by atoms with E-state index in [0.29, 0.717) is 11.4 Å². The number of halogens is 1. The molecule has 2 heterocycles. The van der Waals surface area contributed by atoms with Crippen molar-refractivity contribution in [3.8, 4) is 0 Å². The molecule has 6 heteroatoms. The van der Waals surface area contributed by atoms with Crippen LogP contribution in [0.15, 0.2) is 35.1 Å². The minimum Gasteiger partial charge on any atom is -0.363 e. The molecule has 1 N–H and O–H groups in total. The van der Waals surface area contributed by atoms with Gasteiger partial charge in [-0.1, -0.05) is 6.92 Å². The molecule has 0 fully saturated rings. The Morgan fingerprint density at radius 3 is 2.76 bits per heavy atom. The van der Waals surface area contributed by atoms with Crippen LogP contribution in [0, 0.1) is 0 Å². The van der Waals surface area contributed by atoms with Gasteiger partial charge in [-0.15, -0.1) is 0 Å². The van der Waals surface area contributed by atoms with Gasteiger partial charge in [0, 0.05) is 31.3 Å². The first-order valence-electron chi connectivity index (χ1n) is 6.81. The van der Waals surface area contributed by atoms with Crippen molar-refractivity contribution < 1.29 is 4.79 Å². The highest BCUT2D eigenvalue weighted by molar-refractivity contribution is 9.10. The Hall–Kier alpha value is -1.82. The van der Waals surface area contributed by atoms with E-state index in [1.54, 1.807) is 6.20 Å². The number of amides is 1. The molecule has 0 saturated carbocycles. The van der Waals surface area contributed by atoms with Gasteiger partial charge < -0.3 is 14.8 Å². The van der Waals surface area contributed by atoms with Gasteiger partial charge >= 0.3 is 0 Å². The summed E-state index contributed by atoms with van der Waals surface area (Å²) in [5, 5.41) is 2.87. The van der Waals surface area contributed by atoms with Gasteiger partial charge in [-0.3, -0.25) is 4.79 Å². The Morgan fingerprint density at radius 1 is 1.43 bits per heavy atom. The van der Waals surface area contributed by atoms with Crippen LogP contribution in [0.25, 0.3) is 0 Å². The molecule has 0 bridgehead atoms. The molecule has 0 radical (unpaired) electrons. The number of carbonyl (C=O) groups excluding carboxylic acids is 1. The zero-order valence-electron chi connectivity index (χ0n) is 12.4. The van der Waals surface area contributed by atoms with Crippen LogP contribution in [0.3, 0.4) is 0 Å². The Bertz CT molecular complexity index is 619. The normalized spacial score (nSPS) is 10.5. The number of nitrogens with zero attached hydrogens (tertiary/aromatic N) is 3. The minimum atomic E-state index is -0.131. The van der Waals surface area contributed by atoms with E-state index in [1.807, 2.05) is 48.0 Å². The average molecular weight is 351 g/mol. The number of anilines is 2. The number of carbonyl (C=O) groups is 1. The van der Waals surface area contributed by atoms with Crippen molar-refractivity contribution in [2.75, 3.05) is 24.3 Å². The van der Waals surface area contributed by atoms with Crippen molar-refractivity contribution in [2.45, 2.75) is 19.9 Å². The summed E-state index contributed by atoms with van der Waals surface area (Å²) in [5.41, 5.74) is 1.33. The van der Waals surface area contributed by atoms with Crippen LogP contribution < -0.4 is 10.2 Å². The van der Waals surface area contributed by atoms with E-state index in [4.69, 9.17) is 0 Å². The fourth-order valence-electron chi connectivity index (χ4n) is 2.01. The molecule has 0 aliphatic rings. The van der Waals surface area contributed by atoms with E-state index in [9.17, 15) is 4.79 Å². The molecule has 0 aliphatic carbocycles. The molecule has 0 spiro atoms. The standard InChI is InChI=1S/C15H19BrN4O/c1-4-7-20-10-11(16)8-13(20)15(21)18-12-5-6-14(17-9-12)19(2)3/h5-6,8-10H,4,7H2,1-3H3,(H,18,21). The first kappa shape index (κ1) is 15.6. The van der Waals surface area contributed by atoms with Crippen LogP contribution in [0.4, 0.5) is 11.5 Å². The Morgan fingerprint density at radius 2 is 2.19 bits per heavy atom. The summed E-state index contributed by atoms with van der Waals surface area (Å²) in [4.78, 5) is 18.5. The molecular formula is C15H19BrN4O. The van der Waals surface area contributed by atoms with Crippen LogP contribution >= 0.6 is 15.9 Å². The first-order valence-corrected chi connectivity index (χ1v) is 7.61. The van der Waals surface area contributed by atoms with Crippen molar-refractivity contribution in [2.24, 2.45) is 0 Å². The second-order valence-electron chi connectivity index (χ2n) is 4.99. The van der Waals surface area contributed by atoms with Gasteiger partial charge in [-0.05, 0) is 40.5 Å². The Labute approximate surface area is 133 Å². The van der Waals surface area contributed by atoms with Gasteiger partial charge in [0.05, 0.1) is 11.9 Å². The molecule has 0 atom stereocenters. The fourth-order valence-corrected chi connectivity index (χ4v) is 2.47. The van der Waals surface area contributed by atoms with E-state index in [-0.39, 0.29) is 5.91 Å². The summed E-state index contributed by atoms with van der Waals surface area (Å²) < 4.78 is 2.85. The zero-order valence-corrected chi connectivity index (χ0v) is 14.0. The maximum absolute atomic E-state index is 12.4. The summed E-state index contributed by atoms with van der Waals surface area (Å²) >= 11 is 3.41. The van der Waals surface area contributed by atoms with Crippen molar-refractivity contribution in [3.63, 3.8) is 0 Å². The lowest BCUT2D eigenvalue weighted by Gasteiger charge is -2.12. The molecule has 2 rings (SSSR count). The first-order chi connectivity index (χ1) is 10.0. The smallest absolute Gasteiger partial charge is 0.272 e. The number of pyridine rings is 1. The number of hydrogen-bond donors (Lipinski definition) is 1. The van der Waals surface area contributed by atoms with Crippen molar-refractivity contribution in [1.29, 1.82) is 0 Å². The van der Waals surface area contributed by atoms with Crippen molar-refractivity contribution in [3.05, 3.63) is 40.8 Å². The average Bonchev–Trinajstić information content (AvgIpc) is 2.81. The third kappa shape index (κ3) is 3.85. The molecule has 112 valence electrons. The minimum absolute atomic E-state index is 0.131. The van der Waals surface area contributed by atoms with Gasteiger partial charge in [-0.25, -0.2) is 4.98 Å². The summed E-state index contributed by atoms with van der Waals surface area (Å²) in [6.45, 7) is 2.89. The predicted molar refractivity (Wildman–Crippen MR) is 88.9 cm³/mol. The van der Waals surface area contributed by atoms with Crippen LogP contribution in [0.5, 0.6) is 0 Å². The number of rotatable bonds is 5. The summed E-state index contributed by atoms with van der Waals surface area (Å²) in [5.74, 6) is 0.721. The lowest BCUT2D eigenvalue weighted by Crippen LogP contribution is -2.17. The molecule has 1 amide bonds. The van der Waals surface area contributed by atoms with Crippen LogP contribution in [0.1, 0.15) is 23.8 Å². The maximum atomic E-state index is 12.4. The molecule has 2 aromatic heterocycles. The Balaban J connectivity index is 2.14. The summed E-state index contributed by atoms with van der Waals surface area (Å²) in [6.07, 6.45) is 4.56. The van der Waals surface area contributed by atoms with Crippen LogP contribution in [-0.2, 0) is 6.54 Å². The lowest BCUT2D eigenvalue weighted by atomic mass is 10.3. The molecule has 0 aromatic carbocycles. The highest BCUT2D eigenvalue weighted by Gasteiger charge is 2.13. The van der Waals surface area contributed by atoms with Gasteiger partial charge in [0.25, 0.3) is 5.91 Å². The predicted octanol–water partition coefficient (Wildman–Crippen LogP) is 3.37. The van der Waals surface area contributed by atoms with Crippen LogP contribution in [-0.4, -0.2) is 29.6 Å². The quantitative estimate of drug-likeness (QED) is 0.899. The number of nitrogens with one attached hydrogen (secondary N) is 1.